The molecule has 0 aromatic carbocycles. The standard InChI is InChI=1S/C10H12N2/c1-3-9-4-5-12-7-10(9)6-8(2)11/h3-7H,2,11H2,1H3/b9-3-,10-6-. The molecule has 62 valence electrons. The Hall–Kier alpha value is -1.57. The summed E-state index contributed by atoms with van der Waals surface area (Å²) in [5.41, 5.74) is 6.00. The van der Waals surface area contributed by atoms with Crippen molar-refractivity contribution >= 4 is 12.2 Å². The molecule has 2 N–H and O–H groups in total. The molecule has 0 atom stereocenters. The fourth-order valence-electron chi connectivity index (χ4n) is 1.00. The molecule has 0 amide bonds. The van der Waals surface area contributed by atoms with Crippen LogP contribution in [0.5, 0.6) is 0 Å². The molecule has 0 unspecified atom stereocenters. The van der Waals surface area contributed by atoms with Crippen molar-refractivity contribution in [2.45, 2.75) is 6.92 Å². The van der Waals surface area contributed by atoms with Gasteiger partial charge in [0.2, 0.25) is 0 Å². The highest BCUT2D eigenvalue weighted by Gasteiger charge is 1.82. The van der Waals surface area contributed by atoms with Gasteiger partial charge in [-0.15, -0.1) is 0 Å². The molecule has 1 heterocycles. The molecular weight excluding hydrogens is 148 g/mol. The van der Waals surface area contributed by atoms with Crippen LogP contribution in [-0.4, -0.2) is 4.98 Å². The normalized spacial score (nSPS) is 13.4. The Morgan fingerprint density at radius 2 is 2.33 bits per heavy atom. The molecule has 12 heavy (non-hydrogen) atoms. The molecule has 2 nitrogen and oxygen atoms in total. The third kappa shape index (κ3) is 1.95. The molecule has 0 aliphatic carbocycles. The van der Waals surface area contributed by atoms with E-state index in [9.17, 15) is 0 Å². The Bertz CT molecular complexity index is 391. The first kappa shape index (κ1) is 8.53. The summed E-state index contributed by atoms with van der Waals surface area (Å²) in [4.78, 5) is 4.00. The second-order valence-electron chi connectivity index (χ2n) is 2.51. The number of aromatic nitrogens is 1. The Labute approximate surface area is 71.7 Å². The van der Waals surface area contributed by atoms with Gasteiger partial charge in [0.25, 0.3) is 0 Å². The van der Waals surface area contributed by atoms with Gasteiger partial charge in [0.05, 0.1) is 0 Å². The molecule has 1 rings (SSSR count). The molecule has 0 aliphatic heterocycles. The average Bonchev–Trinajstić information content (AvgIpc) is 2.04. The van der Waals surface area contributed by atoms with Crippen molar-refractivity contribution in [1.29, 1.82) is 0 Å². The fraction of sp³-hybridized carbons (Fsp3) is 0.100. The Kier molecular flexibility index (Phi) is 2.64. The highest BCUT2D eigenvalue weighted by Crippen LogP contribution is 1.75. The molecule has 2 heteroatoms. The molecule has 0 saturated carbocycles. The highest BCUT2D eigenvalue weighted by atomic mass is 14.6. The van der Waals surface area contributed by atoms with E-state index in [0.717, 1.165) is 10.4 Å². The van der Waals surface area contributed by atoms with Gasteiger partial charge in [0.1, 0.15) is 0 Å². The summed E-state index contributed by atoms with van der Waals surface area (Å²) in [5.74, 6) is 0. The van der Waals surface area contributed by atoms with E-state index in [1.807, 2.05) is 25.1 Å². The Morgan fingerprint density at radius 1 is 1.58 bits per heavy atom. The molecule has 0 spiro atoms. The number of pyridine rings is 1. The lowest BCUT2D eigenvalue weighted by atomic mass is 10.2. The van der Waals surface area contributed by atoms with E-state index in [4.69, 9.17) is 5.73 Å². The van der Waals surface area contributed by atoms with Crippen LogP contribution in [0.4, 0.5) is 0 Å². The van der Waals surface area contributed by atoms with Crippen molar-refractivity contribution < 1.29 is 0 Å². The van der Waals surface area contributed by atoms with Crippen LogP contribution < -0.4 is 16.2 Å². The molecule has 0 bridgehead atoms. The average molecular weight is 160 g/mol. The van der Waals surface area contributed by atoms with Crippen molar-refractivity contribution in [2.75, 3.05) is 0 Å². The third-order valence-electron chi connectivity index (χ3n) is 1.54. The van der Waals surface area contributed by atoms with Gasteiger partial charge in [-0.1, -0.05) is 12.7 Å². The zero-order valence-electron chi connectivity index (χ0n) is 7.12. The lowest BCUT2D eigenvalue weighted by molar-refractivity contribution is 1.27. The molecule has 0 fully saturated rings. The van der Waals surface area contributed by atoms with Gasteiger partial charge in [0.15, 0.2) is 0 Å². The van der Waals surface area contributed by atoms with Crippen molar-refractivity contribution in [3.05, 3.63) is 41.2 Å². The summed E-state index contributed by atoms with van der Waals surface area (Å²) in [5, 5.41) is 2.13. The van der Waals surface area contributed by atoms with Gasteiger partial charge in [-0.25, -0.2) is 0 Å². The van der Waals surface area contributed by atoms with Crippen molar-refractivity contribution in [3.63, 3.8) is 0 Å². The lowest BCUT2D eigenvalue weighted by Gasteiger charge is -1.89. The highest BCUT2D eigenvalue weighted by molar-refractivity contribution is 5.43. The zero-order chi connectivity index (χ0) is 8.97. The number of hydrogen-bond donors (Lipinski definition) is 1. The molecule has 0 aliphatic rings. The van der Waals surface area contributed by atoms with Crippen LogP contribution in [0.25, 0.3) is 12.2 Å². The first-order valence-corrected chi connectivity index (χ1v) is 3.76. The summed E-state index contributed by atoms with van der Waals surface area (Å²) < 4.78 is 0. The van der Waals surface area contributed by atoms with Crippen molar-refractivity contribution in [3.8, 4) is 0 Å². The van der Waals surface area contributed by atoms with Gasteiger partial charge in [0, 0.05) is 23.3 Å². The van der Waals surface area contributed by atoms with Crippen LogP contribution in [-0.2, 0) is 0 Å². The lowest BCUT2D eigenvalue weighted by Crippen LogP contribution is -2.24. The van der Waals surface area contributed by atoms with E-state index in [2.05, 4.69) is 11.6 Å². The molecule has 0 saturated heterocycles. The molecule has 1 aromatic heterocycles. The predicted octanol–water partition coefficient (Wildman–Crippen LogP) is 0.135. The number of allylic oxidation sites excluding steroid dienone is 1. The molecular formula is C10H12N2. The number of nitrogens with two attached hydrogens (primary N) is 1. The fourth-order valence-corrected chi connectivity index (χ4v) is 1.00. The van der Waals surface area contributed by atoms with Gasteiger partial charge >= 0.3 is 0 Å². The molecule has 1 aromatic rings. The minimum atomic E-state index is 0.547. The minimum Gasteiger partial charge on any atom is -0.399 e. The SMILES string of the molecule is C=C(N)/C=c1/cncc/c1=C/C. The Balaban J connectivity index is 3.43. The molecule has 0 radical (unpaired) electrons. The van der Waals surface area contributed by atoms with Gasteiger partial charge in [-0.2, -0.15) is 0 Å². The van der Waals surface area contributed by atoms with Crippen LogP contribution in [0.15, 0.2) is 30.7 Å². The second-order valence-corrected chi connectivity index (χ2v) is 2.51. The summed E-state index contributed by atoms with van der Waals surface area (Å²) in [6, 6.07) is 1.94. The predicted molar refractivity (Wildman–Crippen MR) is 51.4 cm³/mol. The summed E-state index contributed by atoms with van der Waals surface area (Å²) in [6.07, 6.45) is 7.35. The van der Waals surface area contributed by atoms with Gasteiger partial charge in [-0.05, 0) is 24.3 Å². The van der Waals surface area contributed by atoms with Crippen LogP contribution in [0.3, 0.4) is 0 Å². The maximum absolute atomic E-state index is 5.46. The minimum absolute atomic E-state index is 0.547. The van der Waals surface area contributed by atoms with E-state index in [-0.39, 0.29) is 0 Å². The van der Waals surface area contributed by atoms with E-state index < -0.39 is 0 Å². The summed E-state index contributed by atoms with van der Waals surface area (Å²) >= 11 is 0. The first-order valence-electron chi connectivity index (χ1n) is 3.76. The third-order valence-corrected chi connectivity index (χ3v) is 1.54. The number of rotatable bonds is 1. The first-order chi connectivity index (χ1) is 5.74. The Morgan fingerprint density at radius 3 is 2.92 bits per heavy atom. The maximum atomic E-state index is 5.46. The van der Waals surface area contributed by atoms with Crippen LogP contribution in [0.2, 0.25) is 0 Å². The van der Waals surface area contributed by atoms with Crippen LogP contribution in [0.1, 0.15) is 6.92 Å². The van der Waals surface area contributed by atoms with E-state index >= 15 is 0 Å². The largest absolute Gasteiger partial charge is 0.399 e. The summed E-state index contributed by atoms with van der Waals surface area (Å²) in [6.45, 7) is 5.58. The van der Waals surface area contributed by atoms with Gasteiger partial charge < -0.3 is 5.73 Å². The maximum Gasteiger partial charge on any atom is 0.0346 e. The van der Waals surface area contributed by atoms with E-state index in [1.54, 1.807) is 12.4 Å². The van der Waals surface area contributed by atoms with Crippen molar-refractivity contribution in [2.24, 2.45) is 5.73 Å². The van der Waals surface area contributed by atoms with E-state index in [0.29, 0.717) is 5.70 Å². The van der Waals surface area contributed by atoms with Gasteiger partial charge in [-0.3, -0.25) is 4.98 Å². The number of hydrogen-bond acceptors (Lipinski definition) is 2. The smallest absolute Gasteiger partial charge is 0.0346 e. The number of nitrogens with zero attached hydrogens (tertiary/aromatic N) is 1. The monoisotopic (exact) mass is 160 g/mol. The quantitative estimate of drug-likeness (QED) is 0.634. The van der Waals surface area contributed by atoms with Crippen LogP contribution >= 0.6 is 0 Å². The van der Waals surface area contributed by atoms with Crippen LogP contribution in [0, 0.1) is 0 Å². The van der Waals surface area contributed by atoms with E-state index in [1.165, 1.54) is 0 Å². The summed E-state index contributed by atoms with van der Waals surface area (Å²) in [7, 11) is 0. The second kappa shape index (κ2) is 3.72. The van der Waals surface area contributed by atoms with Crippen molar-refractivity contribution in [1.82, 2.24) is 4.98 Å². The zero-order valence-corrected chi connectivity index (χ0v) is 7.12. The topological polar surface area (TPSA) is 38.9 Å².